The second-order valence-electron chi connectivity index (χ2n) is 2.51. The Morgan fingerprint density at radius 3 is 2.54 bits per heavy atom. The monoisotopic (exact) mass is 219 g/mol. The lowest BCUT2D eigenvalue weighted by molar-refractivity contribution is 0.0888. The van der Waals surface area contributed by atoms with Crippen LogP contribution in [0.15, 0.2) is 17.5 Å². The Kier molecular flexibility index (Phi) is 2.72. The van der Waals surface area contributed by atoms with Gasteiger partial charge in [0, 0.05) is 7.05 Å². The van der Waals surface area contributed by atoms with Crippen molar-refractivity contribution in [2.75, 3.05) is 13.3 Å². The highest BCUT2D eigenvalue weighted by Crippen LogP contribution is 2.12. The lowest BCUT2D eigenvalue weighted by Crippen LogP contribution is -2.31. The molecule has 13 heavy (non-hydrogen) atoms. The van der Waals surface area contributed by atoms with E-state index in [1.54, 1.807) is 17.5 Å². The molecule has 0 spiro atoms. The van der Waals surface area contributed by atoms with Crippen molar-refractivity contribution in [1.29, 1.82) is 0 Å². The highest BCUT2D eigenvalue weighted by molar-refractivity contribution is 7.88. The SMILES string of the molecule is CN(C(=O)c1cccs1)S(C)(=O)=O. The molecular formula is C7H9NO3S2. The fraction of sp³-hybridized carbons (Fsp3) is 0.286. The van der Waals surface area contributed by atoms with Crippen molar-refractivity contribution in [3.05, 3.63) is 22.4 Å². The first kappa shape index (κ1) is 10.2. The van der Waals surface area contributed by atoms with Gasteiger partial charge in [0.2, 0.25) is 10.0 Å². The quantitative estimate of drug-likeness (QED) is 0.738. The number of amides is 1. The van der Waals surface area contributed by atoms with Crippen LogP contribution in [0.3, 0.4) is 0 Å². The van der Waals surface area contributed by atoms with Crippen molar-refractivity contribution in [2.45, 2.75) is 0 Å². The van der Waals surface area contributed by atoms with E-state index >= 15 is 0 Å². The van der Waals surface area contributed by atoms with Crippen LogP contribution in [-0.4, -0.2) is 31.9 Å². The molecule has 0 saturated carbocycles. The molecule has 6 heteroatoms. The van der Waals surface area contributed by atoms with Crippen LogP contribution in [0, 0.1) is 0 Å². The molecule has 0 atom stereocenters. The first-order valence-corrected chi connectivity index (χ1v) is 6.17. The van der Waals surface area contributed by atoms with E-state index in [4.69, 9.17) is 0 Å². The summed E-state index contributed by atoms with van der Waals surface area (Å²) in [6.45, 7) is 0. The molecule has 4 nitrogen and oxygen atoms in total. The molecule has 1 aromatic heterocycles. The number of hydrogen-bond acceptors (Lipinski definition) is 4. The van der Waals surface area contributed by atoms with Crippen molar-refractivity contribution in [2.24, 2.45) is 0 Å². The number of hydrogen-bond donors (Lipinski definition) is 0. The molecule has 1 heterocycles. The van der Waals surface area contributed by atoms with Crippen LogP contribution in [0.4, 0.5) is 0 Å². The van der Waals surface area contributed by atoms with E-state index in [0.29, 0.717) is 4.88 Å². The van der Waals surface area contributed by atoms with E-state index in [0.717, 1.165) is 10.6 Å². The molecule has 1 amide bonds. The van der Waals surface area contributed by atoms with Crippen LogP contribution in [0.25, 0.3) is 0 Å². The number of carbonyl (C=O) groups excluding carboxylic acids is 1. The summed E-state index contributed by atoms with van der Waals surface area (Å²) in [5, 5.41) is 1.73. The standard InChI is InChI=1S/C7H9NO3S2/c1-8(13(2,10)11)7(9)6-4-3-5-12-6/h3-5H,1-2H3. The zero-order valence-electron chi connectivity index (χ0n) is 7.22. The van der Waals surface area contributed by atoms with E-state index in [2.05, 4.69) is 0 Å². The first-order chi connectivity index (χ1) is 5.93. The van der Waals surface area contributed by atoms with Crippen molar-refractivity contribution in [1.82, 2.24) is 4.31 Å². The van der Waals surface area contributed by atoms with E-state index in [-0.39, 0.29) is 0 Å². The van der Waals surface area contributed by atoms with Gasteiger partial charge in [0.05, 0.1) is 11.1 Å². The number of carbonyl (C=O) groups is 1. The number of nitrogens with zero attached hydrogens (tertiary/aromatic N) is 1. The molecule has 0 radical (unpaired) electrons. The Morgan fingerprint density at radius 2 is 2.15 bits per heavy atom. The van der Waals surface area contributed by atoms with Crippen molar-refractivity contribution >= 4 is 27.3 Å². The summed E-state index contributed by atoms with van der Waals surface area (Å²) >= 11 is 1.22. The Morgan fingerprint density at radius 1 is 1.54 bits per heavy atom. The van der Waals surface area contributed by atoms with E-state index in [9.17, 15) is 13.2 Å². The second-order valence-corrected chi connectivity index (χ2v) is 5.47. The normalized spacial score (nSPS) is 11.2. The summed E-state index contributed by atoms with van der Waals surface area (Å²) in [5.41, 5.74) is 0. The highest BCUT2D eigenvalue weighted by Gasteiger charge is 2.20. The van der Waals surface area contributed by atoms with Crippen LogP contribution in [0.2, 0.25) is 0 Å². The minimum Gasteiger partial charge on any atom is -0.267 e. The summed E-state index contributed by atoms with van der Waals surface area (Å²) in [6.07, 6.45) is 0.999. The fourth-order valence-electron chi connectivity index (χ4n) is 0.706. The lowest BCUT2D eigenvalue weighted by Gasteiger charge is -2.12. The van der Waals surface area contributed by atoms with Crippen molar-refractivity contribution in [3.8, 4) is 0 Å². The predicted molar refractivity (Wildman–Crippen MR) is 51.3 cm³/mol. The van der Waals surface area contributed by atoms with Gasteiger partial charge in [0.15, 0.2) is 0 Å². The largest absolute Gasteiger partial charge is 0.277 e. The minimum absolute atomic E-state index is 0.424. The van der Waals surface area contributed by atoms with Crippen LogP contribution in [0.5, 0.6) is 0 Å². The first-order valence-electron chi connectivity index (χ1n) is 3.44. The van der Waals surface area contributed by atoms with Crippen molar-refractivity contribution < 1.29 is 13.2 Å². The van der Waals surface area contributed by atoms with Gasteiger partial charge in [-0.15, -0.1) is 11.3 Å². The predicted octanol–water partition coefficient (Wildman–Crippen LogP) is 0.780. The molecule has 0 aliphatic carbocycles. The molecule has 0 saturated heterocycles. The maximum Gasteiger partial charge on any atom is 0.277 e. The van der Waals surface area contributed by atoms with E-state index in [1.807, 2.05) is 0 Å². The lowest BCUT2D eigenvalue weighted by atomic mass is 10.4. The summed E-state index contributed by atoms with van der Waals surface area (Å²) < 4.78 is 22.7. The van der Waals surface area contributed by atoms with Gasteiger partial charge in [-0.25, -0.2) is 12.7 Å². The van der Waals surface area contributed by atoms with Crippen LogP contribution in [0.1, 0.15) is 9.67 Å². The topological polar surface area (TPSA) is 54.5 Å². The van der Waals surface area contributed by atoms with Crippen LogP contribution < -0.4 is 0 Å². The average molecular weight is 219 g/mol. The summed E-state index contributed by atoms with van der Waals surface area (Å²) in [6, 6.07) is 3.29. The van der Waals surface area contributed by atoms with Gasteiger partial charge in [-0.2, -0.15) is 0 Å². The maximum absolute atomic E-state index is 11.4. The summed E-state index contributed by atoms with van der Waals surface area (Å²) in [4.78, 5) is 11.8. The number of thiophene rings is 1. The molecule has 0 aliphatic heterocycles. The Labute approximate surface area is 80.8 Å². The summed E-state index contributed by atoms with van der Waals surface area (Å²) in [5.74, 6) is -0.488. The summed E-state index contributed by atoms with van der Waals surface area (Å²) in [7, 11) is -2.19. The minimum atomic E-state index is -3.44. The molecular weight excluding hydrogens is 210 g/mol. The fourth-order valence-corrected chi connectivity index (χ4v) is 1.86. The molecule has 0 aliphatic rings. The third-order valence-electron chi connectivity index (χ3n) is 1.52. The molecule has 1 aromatic rings. The van der Waals surface area contributed by atoms with E-state index < -0.39 is 15.9 Å². The van der Waals surface area contributed by atoms with Gasteiger partial charge in [-0.1, -0.05) is 6.07 Å². The smallest absolute Gasteiger partial charge is 0.267 e. The zero-order valence-corrected chi connectivity index (χ0v) is 8.85. The molecule has 1 rings (SSSR count). The Hall–Kier alpha value is -0.880. The number of sulfonamides is 1. The van der Waals surface area contributed by atoms with Gasteiger partial charge in [0.25, 0.3) is 5.91 Å². The van der Waals surface area contributed by atoms with E-state index in [1.165, 1.54) is 18.4 Å². The Bertz CT molecular complexity index is 393. The van der Waals surface area contributed by atoms with Crippen LogP contribution >= 0.6 is 11.3 Å². The van der Waals surface area contributed by atoms with Gasteiger partial charge in [-0.05, 0) is 11.4 Å². The molecule has 0 bridgehead atoms. The van der Waals surface area contributed by atoms with Gasteiger partial charge < -0.3 is 0 Å². The molecule has 0 fully saturated rings. The Balaban J connectivity index is 2.94. The van der Waals surface area contributed by atoms with Crippen molar-refractivity contribution in [3.63, 3.8) is 0 Å². The maximum atomic E-state index is 11.4. The van der Waals surface area contributed by atoms with Crippen LogP contribution in [-0.2, 0) is 10.0 Å². The number of rotatable bonds is 2. The third-order valence-corrected chi connectivity index (χ3v) is 3.53. The van der Waals surface area contributed by atoms with Gasteiger partial charge in [0.1, 0.15) is 0 Å². The highest BCUT2D eigenvalue weighted by atomic mass is 32.2. The molecule has 0 unspecified atom stereocenters. The average Bonchev–Trinajstić information content (AvgIpc) is 2.51. The van der Waals surface area contributed by atoms with Gasteiger partial charge in [-0.3, -0.25) is 4.79 Å². The molecule has 72 valence electrons. The molecule has 0 N–H and O–H groups in total. The van der Waals surface area contributed by atoms with Gasteiger partial charge >= 0.3 is 0 Å². The zero-order chi connectivity index (χ0) is 10.1. The second kappa shape index (κ2) is 3.47. The third kappa shape index (κ3) is 2.28. The molecule has 0 aromatic carbocycles.